The molecule has 0 bridgehead atoms. The Morgan fingerprint density at radius 1 is 1.29 bits per heavy atom. The lowest BCUT2D eigenvalue weighted by atomic mass is 10.2. The number of benzene rings is 1. The number of anilines is 1. The van der Waals surface area contributed by atoms with Crippen molar-refractivity contribution in [3.8, 4) is 0 Å². The molecule has 0 heterocycles. The lowest BCUT2D eigenvalue weighted by Gasteiger charge is -2.20. The van der Waals surface area contributed by atoms with E-state index in [1.54, 1.807) is 20.8 Å². The Morgan fingerprint density at radius 2 is 1.88 bits per heavy atom. The SMILES string of the molecule is Cc1c(F)ccc(NC(=O)OC(C)(C)C)c1F. The van der Waals surface area contributed by atoms with Gasteiger partial charge in [-0.3, -0.25) is 5.32 Å². The first-order chi connectivity index (χ1) is 7.70. The van der Waals surface area contributed by atoms with Crippen molar-refractivity contribution in [2.75, 3.05) is 5.32 Å². The lowest BCUT2D eigenvalue weighted by molar-refractivity contribution is 0.0635. The maximum Gasteiger partial charge on any atom is 0.412 e. The fraction of sp³-hybridized carbons (Fsp3) is 0.417. The number of carbonyl (C=O) groups excluding carboxylic acids is 1. The van der Waals surface area contributed by atoms with E-state index in [0.717, 1.165) is 12.1 Å². The van der Waals surface area contributed by atoms with Gasteiger partial charge in [-0.25, -0.2) is 13.6 Å². The molecule has 0 spiro atoms. The zero-order valence-electron chi connectivity index (χ0n) is 10.2. The van der Waals surface area contributed by atoms with E-state index in [2.05, 4.69) is 5.32 Å². The summed E-state index contributed by atoms with van der Waals surface area (Å²) in [6.07, 6.45) is -0.776. The van der Waals surface area contributed by atoms with Crippen molar-refractivity contribution >= 4 is 11.8 Å². The first-order valence-electron chi connectivity index (χ1n) is 5.15. The van der Waals surface area contributed by atoms with Crippen LogP contribution in [0.15, 0.2) is 12.1 Å². The first kappa shape index (κ1) is 13.4. The average Bonchev–Trinajstić information content (AvgIpc) is 2.16. The number of hydrogen-bond donors (Lipinski definition) is 1. The normalized spacial score (nSPS) is 11.2. The number of nitrogens with one attached hydrogen (secondary N) is 1. The fourth-order valence-electron chi connectivity index (χ4n) is 1.17. The van der Waals surface area contributed by atoms with Crippen LogP contribution in [0.4, 0.5) is 19.3 Å². The smallest absolute Gasteiger partial charge is 0.412 e. The molecule has 5 heteroatoms. The number of carbonyl (C=O) groups is 1. The fourth-order valence-corrected chi connectivity index (χ4v) is 1.17. The van der Waals surface area contributed by atoms with Crippen molar-refractivity contribution in [1.29, 1.82) is 0 Å². The van der Waals surface area contributed by atoms with Crippen molar-refractivity contribution in [2.45, 2.75) is 33.3 Å². The number of rotatable bonds is 1. The summed E-state index contributed by atoms with van der Waals surface area (Å²) in [6.45, 7) is 6.38. The molecular weight excluding hydrogens is 228 g/mol. The van der Waals surface area contributed by atoms with Crippen LogP contribution in [0, 0.1) is 18.6 Å². The molecule has 3 nitrogen and oxygen atoms in total. The number of hydrogen-bond acceptors (Lipinski definition) is 2. The molecule has 0 fully saturated rings. The molecule has 1 aromatic rings. The summed E-state index contributed by atoms with van der Waals surface area (Å²) in [6, 6.07) is 2.24. The second-order valence-electron chi connectivity index (χ2n) is 4.66. The highest BCUT2D eigenvalue weighted by molar-refractivity contribution is 5.85. The molecule has 17 heavy (non-hydrogen) atoms. The van der Waals surface area contributed by atoms with Crippen molar-refractivity contribution in [2.24, 2.45) is 0 Å². The van der Waals surface area contributed by atoms with Gasteiger partial charge in [-0.2, -0.15) is 0 Å². The van der Waals surface area contributed by atoms with Gasteiger partial charge in [0.1, 0.15) is 11.4 Å². The third kappa shape index (κ3) is 3.69. The van der Waals surface area contributed by atoms with Gasteiger partial charge < -0.3 is 4.74 Å². The van der Waals surface area contributed by atoms with Crippen LogP contribution < -0.4 is 5.32 Å². The van der Waals surface area contributed by atoms with Crippen LogP contribution in [0.1, 0.15) is 26.3 Å². The van der Waals surface area contributed by atoms with E-state index < -0.39 is 23.3 Å². The summed E-state index contributed by atoms with van der Waals surface area (Å²) >= 11 is 0. The Morgan fingerprint density at radius 3 is 2.41 bits per heavy atom. The van der Waals surface area contributed by atoms with E-state index in [9.17, 15) is 13.6 Å². The van der Waals surface area contributed by atoms with Crippen LogP contribution >= 0.6 is 0 Å². The van der Waals surface area contributed by atoms with Crippen LogP contribution in [0.25, 0.3) is 0 Å². The van der Waals surface area contributed by atoms with Crippen molar-refractivity contribution < 1.29 is 18.3 Å². The van der Waals surface area contributed by atoms with Gasteiger partial charge in [0, 0.05) is 5.56 Å². The Kier molecular flexibility index (Phi) is 3.70. The third-order valence-electron chi connectivity index (χ3n) is 1.96. The summed E-state index contributed by atoms with van der Waals surface area (Å²) in [5.41, 5.74) is -0.910. The molecular formula is C12H15F2NO2. The van der Waals surface area contributed by atoms with Gasteiger partial charge in [0.2, 0.25) is 0 Å². The second kappa shape index (κ2) is 4.69. The van der Waals surface area contributed by atoms with E-state index in [1.807, 2.05) is 0 Å². The van der Waals surface area contributed by atoms with E-state index in [-0.39, 0.29) is 11.3 Å². The molecule has 1 N–H and O–H groups in total. The molecule has 0 aliphatic carbocycles. The highest BCUT2D eigenvalue weighted by Gasteiger charge is 2.18. The third-order valence-corrected chi connectivity index (χ3v) is 1.96. The molecule has 0 saturated carbocycles. The lowest BCUT2D eigenvalue weighted by Crippen LogP contribution is -2.27. The van der Waals surface area contributed by atoms with Gasteiger partial charge in [0.15, 0.2) is 5.82 Å². The summed E-state index contributed by atoms with van der Waals surface area (Å²) in [7, 11) is 0. The molecule has 0 aliphatic heterocycles. The maximum absolute atomic E-state index is 13.5. The quantitative estimate of drug-likeness (QED) is 0.818. The Hall–Kier alpha value is -1.65. The molecule has 0 atom stereocenters. The molecule has 1 amide bonds. The average molecular weight is 243 g/mol. The highest BCUT2D eigenvalue weighted by Crippen LogP contribution is 2.21. The second-order valence-corrected chi connectivity index (χ2v) is 4.66. The molecule has 0 aromatic heterocycles. The van der Waals surface area contributed by atoms with Crippen LogP contribution in [-0.4, -0.2) is 11.7 Å². The van der Waals surface area contributed by atoms with E-state index in [1.165, 1.54) is 6.92 Å². The van der Waals surface area contributed by atoms with Gasteiger partial charge in [-0.05, 0) is 39.8 Å². The number of halogens is 2. The molecule has 1 aromatic carbocycles. The predicted molar refractivity (Wildman–Crippen MR) is 61.0 cm³/mol. The largest absolute Gasteiger partial charge is 0.444 e. The molecule has 1 rings (SSSR count). The summed E-state index contributed by atoms with van der Waals surface area (Å²) in [4.78, 5) is 11.4. The Bertz CT molecular complexity index is 439. The zero-order valence-corrected chi connectivity index (χ0v) is 10.2. The van der Waals surface area contributed by atoms with Crippen molar-refractivity contribution in [1.82, 2.24) is 0 Å². The summed E-state index contributed by atoms with van der Waals surface area (Å²) in [5.74, 6) is -1.45. The minimum atomic E-state index is -0.796. The Labute approximate surface area is 98.8 Å². The molecule has 94 valence electrons. The van der Waals surface area contributed by atoms with Crippen molar-refractivity contribution in [3.63, 3.8) is 0 Å². The van der Waals surface area contributed by atoms with Gasteiger partial charge in [0.05, 0.1) is 5.69 Å². The van der Waals surface area contributed by atoms with Crippen LogP contribution in [0.5, 0.6) is 0 Å². The first-order valence-corrected chi connectivity index (χ1v) is 5.15. The minimum Gasteiger partial charge on any atom is -0.444 e. The van der Waals surface area contributed by atoms with Gasteiger partial charge >= 0.3 is 6.09 Å². The van der Waals surface area contributed by atoms with Crippen LogP contribution in [0.3, 0.4) is 0 Å². The monoisotopic (exact) mass is 243 g/mol. The summed E-state index contributed by atoms with van der Waals surface area (Å²) < 4.78 is 31.5. The zero-order chi connectivity index (χ0) is 13.2. The number of amides is 1. The minimum absolute atomic E-state index is 0.0989. The maximum atomic E-state index is 13.5. The van der Waals surface area contributed by atoms with Gasteiger partial charge in [-0.1, -0.05) is 0 Å². The van der Waals surface area contributed by atoms with Crippen LogP contribution in [0.2, 0.25) is 0 Å². The van der Waals surface area contributed by atoms with Gasteiger partial charge in [0.25, 0.3) is 0 Å². The number of ether oxygens (including phenoxy) is 1. The van der Waals surface area contributed by atoms with Gasteiger partial charge in [-0.15, -0.1) is 0 Å². The Balaban J connectivity index is 2.83. The standard InChI is InChI=1S/C12H15F2NO2/c1-7-8(13)5-6-9(10(7)14)15-11(16)17-12(2,3)4/h5-6H,1-4H3,(H,15,16). The molecule has 0 unspecified atom stereocenters. The predicted octanol–water partition coefficient (Wildman–Crippen LogP) is 3.62. The molecule has 0 saturated heterocycles. The van der Waals surface area contributed by atoms with Crippen LogP contribution in [-0.2, 0) is 4.74 Å². The van der Waals surface area contributed by atoms with E-state index in [0.29, 0.717) is 0 Å². The molecule has 0 radical (unpaired) electrons. The topological polar surface area (TPSA) is 38.3 Å². The summed E-state index contributed by atoms with van der Waals surface area (Å²) in [5, 5.41) is 2.23. The van der Waals surface area contributed by atoms with E-state index in [4.69, 9.17) is 4.74 Å². The molecule has 0 aliphatic rings. The highest BCUT2D eigenvalue weighted by atomic mass is 19.1. The van der Waals surface area contributed by atoms with Crippen molar-refractivity contribution in [3.05, 3.63) is 29.3 Å². The van der Waals surface area contributed by atoms with E-state index >= 15 is 0 Å².